The summed E-state index contributed by atoms with van der Waals surface area (Å²) in [7, 11) is 0. The molecule has 5 heteroatoms. The molecule has 2 fully saturated rings. The fraction of sp³-hybridized carbons (Fsp3) is 0.882. The third-order valence-electron chi connectivity index (χ3n) is 5.17. The van der Waals surface area contributed by atoms with Crippen molar-refractivity contribution in [1.82, 2.24) is 19.9 Å². The second-order valence-electron chi connectivity index (χ2n) is 7.89. The Labute approximate surface area is 134 Å². The second kappa shape index (κ2) is 6.28. The fourth-order valence-corrected chi connectivity index (χ4v) is 3.61. The van der Waals surface area contributed by atoms with Crippen molar-refractivity contribution in [2.75, 3.05) is 26.2 Å². The van der Waals surface area contributed by atoms with Gasteiger partial charge in [-0.25, -0.2) is 0 Å². The summed E-state index contributed by atoms with van der Waals surface area (Å²) < 4.78 is 5.52. The van der Waals surface area contributed by atoms with Gasteiger partial charge in [0, 0.05) is 24.5 Å². The lowest BCUT2D eigenvalue weighted by Gasteiger charge is -2.38. The normalized spacial score (nSPS) is 24.0. The zero-order chi connectivity index (χ0) is 15.7. The first-order valence-corrected chi connectivity index (χ1v) is 8.77. The highest BCUT2D eigenvalue weighted by atomic mass is 16.5. The largest absolute Gasteiger partial charge is 0.338 e. The number of hydrogen-bond acceptors (Lipinski definition) is 5. The van der Waals surface area contributed by atoms with Crippen molar-refractivity contribution in [3.8, 4) is 0 Å². The van der Waals surface area contributed by atoms with E-state index in [1.165, 1.54) is 38.8 Å². The number of nitrogens with zero attached hydrogens (tertiary/aromatic N) is 4. The third-order valence-corrected chi connectivity index (χ3v) is 5.17. The zero-order valence-corrected chi connectivity index (χ0v) is 14.5. The summed E-state index contributed by atoms with van der Waals surface area (Å²) in [5.74, 6) is 1.57. The molecule has 0 bridgehead atoms. The van der Waals surface area contributed by atoms with Crippen LogP contribution in [0.2, 0.25) is 0 Å². The number of piperidine rings is 1. The number of likely N-dealkylation sites (tertiary alicyclic amines) is 2. The Morgan fingerprint density at radius 3 is 2.27 bits per heavy atom. The summed E-state index contributed by atoms with van der Waals surface area (Å²) in [6.45, 7) is 13.4. The number of rotatable bonds is 3. The van der Waals surface area contributed by atoms with Gasteiger partial charge in [-0.3, -0.25) is 4.90 Å². The Kier molecular flexibility index (Phi) is 4.55. The maximum atomic E-state index is 5.52. The van der Waals surface area contributed by atoms with E-state index in [0.717, 1.165) is 30.8 Å². The van der Waals surface area contributed by atoms with Gasteiger partial charge in [-0.05, 0) is 45.7 Å². The Bertz CT molecular complexity index is 479. The molecule has 0 amide bonds. The standard InChI is InChI=1S/C17H30N4O/c1-13(15-18-16(19-22-15)17(2,3)4)20-11-7-14(8-12-20)21-9-5-6-10-21/h13-14H,5-12H2,1-4H3. The molecule has 2 aliphatic heterocycles. The van der Waals surface area contributed by atoms with Gasteiger partial charge in [-0.2, -0.15) is 4.98 Å². The Morgan fingerprint density at radius 2 is 1.73 bits per heavy atom. The van der Waals surface area contributed by atoms with E-state index in [-0.39, 0.29) is 11.5 Å². The van der Waals surface area contributed by atoms with E-state index in [0.29, 0.717) is 0 Å². The van der Waals surface area contributed by atoms with Crippen LogP contribution in [0.4, 0.5) is 0 Å². The molecule has 2 saturated heterocycles. The lowest BCUT2D eigenvalue weighted by atomic mass is 9.96. The molecule has 124 valence electrons. The highest BCUT2D eigenvalue weighted by molar-refractivity contribution is 5.02. The lowest BCUT2D eigenvalue weighted by molar-refractivity contribution is 0.0890. The fourth-order valence-electron chi connectivity index (χ4n) is 3.61. The van der Waals surface area contributed by atoms with Crippen LogP contribution in [0, 0.1) is 0 Å². The molecule has 1 unspecified atom stereocenters. The van der Waals surface area contributed by atoms with Crippen molar-refractivity contribution in [2.45, 2.75) is 70.9 Å². The predicted molar refractivity (Wildman–Crippen MR) is 86.8 cm³/mol. The van der Waals surface area contributed by atoms with Crippen molar-refractivity contribution in [3.63, 3.8) is 0 Å². The van der Waals surface area contributed by atoms with Gasteiger partial charge in [0.2, 0.25) is 5.89 Å². The first-order chi connectivity index (χ1) is 10.4. The summed E-state index contributed by atoms with van der Waals surface area (Å²) in [5.41, 5.74) is -0.0514. The Morgan fingerprint density at radius 1 is 1.09 bits per heavy atom. The van der Waals surface area contributed by atoms with Crippen LogP contribution in [0.15, 0.2) is 4.52 Å². The monoisotopic (exact) mass is 306 g/mol. The first kappa shape index (κ1) is 15.9. The van der Waals surface area contributed by atoms with Crippen LogP contribution in [-0.2, 0) is 5.41 Å². The van der Waals surface area contributed by atoms with E-state index in [1.807, 2.05) is 0 Å². The van der Waals surface area contributed by atoms with Gasteiger partial charge >= 0.3 is 0 Å². The highest BCUT2D eigenvalue weighted by Crippen LogP contribution is 2.28. The molecule has 0 aromatic carbocycles. The Balaban J connectivity index is 1.57. The summed E-state index contributed by atoms with van der Waals surface area (Å²) in [4.78, 5) is 9.80. The summed E-state index contributed by atoms with van der Waals surface area (Å²) >= 11 is 0. The minimum Gasteiger partial charge on any atom is -0.338 e. The molecule has 0 spiro atoms. The van der Waals surface area contributed by atoms with E-state index in [4.69, 9.17) is 4.52 Å². The van der Waals surface area contributed by atoms with Gasteiger partial charge in [-0.15, -0.1) is 0 Å². The molecule has 0 N–H and O–H groups in total. The van der Waals surface area contributed by atoms with Gasteiger partial charge in [0.25, 0.3) is 0 Å². The summed E-state index contributed by atoms with van der Waals surface area (Å²) in [5, 5.41) is 4.16. The van der Waals surface area contributed by atoms with Crippen molar-refractivity contribution in [3.05, 3.63) is 11.7 Å². The second-order valence-corrected chi connectivity index (χ2v) is 7.89. The van der Waals surface area contributed by atoms with Gasteiger partial charge < -0.3 is 9.42 Å². The molecule has 1 aromatic heterocycles. The van der Waals surface area contributed by atoms with Crippen LogP contribution in [0.25, 0.3) is 0 Å². The van der Waals surface area contributed by atoms with E-state index < -0.39 is 0 Å². The van der Waals surface area contributed by atoms with E-state index >= 15 is 0 Å². The van der Waals surface area contributed by atoms with Crippen LogP contribution in [-0.4, -0.2) is 52.2 Å². The van der Waals surface area contributed by atoms with E-state index in [1.54, 1.807) is 0 Å². The van der Waals surface area contributed by atoms with Gasteiger partial charge in [0.1, 0.15) is 0 Å². The molecule has 0 aliphatic carbocycles. The van der Waals surface area contributed by atoms with Crippen LogP contribution >= 0.6 is 0 Å². The van der Waals surface area contributed by atoms with E-state index in [2.05, 4.69) is 47.6 Å². The van der Waals surface area contributed by atoms with Crippen LogP contribution in [0.5, 0.6) is 0 Å². The molecule has 3 rings (SSSR count). The van der Waals surface area contributed by atoms with Crippen molar-refractivity contribution in [1.29, 1.82) is 0 Å². The molecule has 22 heavy (non-hydrogen) atoms. The van der Waals surface area contributed by atoms with Crippen LogP contribution in [0.1, 0.15) is 71.1 Å². The maximum absolute atomic E-state index is 5.52. The van der Waals surface area contributed by atoms with Gasteiger partial charge in [0.15, 0.2) is 5.82 Å². The Hall–Kier alpha value is -0.940. The number of aromatic nitrogens is 2. The highest BCUT2D eigenvalue weighted by Gasteiger charge is 2.31. The molecule has 3 heterocycles. The van der Waals surface area contributed by atoms with Crippen molar-refractivity contribution >= 4 is 0 Å². The maximum Gasteiger partial charge on any atom is 0.243 e. The lowest BCUT2D eigenvalue weighted by Crippen LogP contribution is -2.44. The molecule has 2 aliphatic rings. The molecule has 0 radical (unpaired) electrons. The van der Waals surface area contributed by atoms with Gasteiger partial charge in [-0.1, -0.05) is 25.9 Å². The third kappa shape index (κ3) is 3.35. The summed E-state index contributed by atoms with van der Waals surface area (Å²) in [6.07, 6.45) is 5.30. The zero-order valence-electron chi connectivity index (χ0n) is 14.5. The minimum absolute atomic E-state index is 0.0514. The average Bonchev–Trinajstić information content (AvgIpc) is 3.17. The molecule has 0 saturated carbocycles. The quantitative estimate of drug-likeness (QED) is 0.859. The number of hydrogen-bond donors (Lipinski definition) is 0. The summed E-state index contributed by atoms with van der Waals surface area (Å²) in [6, 6.07) is 1.02. The van der Waals surface area contributed by atoms with Gasteiger partial charge in [0.05, 0.1) is 6.04 Å². The molecule has 5 nitrogen and oxygen atoms in total. The first-order valence-electron chi connectivity index (χ1n) is 8.77. The van der Waals surface area contributed by atoms with Crippen molar-refractivity contribution < 1.29 is 4.52 Å². The van der Waals surface area contributed by atoms with Crippen molar-refractivity contribution in [2.24, 2.45) is 0 Å². The average molecular weight is 306 g/mol. The minimum atomic E-state index is -0.0514. The van der Waals surface area contributed by atoms with E-state index in [9.17, 15) is 0 Å². The van der Waals surface area contributed by atoms with Crippen LogP contribution < -0.4 is 0 Å². The van der Waals surface area contributed by atoms with Crippen LogP contribution in [0.3, 0.4) is 0 Å². The molecular formula is C17H30N4O. The molecular weight excluding hydrogens is 276 g/mol. The predicted octanol–water partition coefficient (Wildman–Crippen LogP) is 2.99. The smallest absolute Gasteiger partial charge is 0.243 e. The SMILES string of the molecule is CC(c1nc(C(C)(C)C)no1)N1CCC(N2CCCC2)CC1. The topological polar surface area (TPSA) is 45.4 Å². The molecule has 1 atom stereocenters. The molecule has 1 aromatic rings.